The molecule has 0 atom stereocenters. The summed E-state index contributed by atoms with van der Waals surface area (Å²) in [5.74, 6) is 0.283. The highest BCUT2D eigenvalue weighted by Gasteiger charge is 2.16. The molecule has 0 aliphatic heterocycles. The van der Waals surface area contributed by atoms with Gasteiger partial charge in [-0.05, 0) is 19.9 Å². The summed E-state index contributed by atoms with van der Waals surface area (Å²) < 4.78 is 19.5. The minimum atomic E-state index is -0.345. The van der Waals surface area contributed by atoms with Crippen molar-refractivity contribution >= 4 is 11.9 Å². The zero-order valence-corrected chi connectivity index (χ0v) is 14.9. The summed E-state index contributed by atoms with van der Waals surface area (Å²) in [7, 11) is 0. The van der Waals surface area contributed by atoms with Gasteiger partial charge in [-0.2, -0.15) is 5.10 Å². The molecular formula is C19H18FN5O2. The quantitative estimate of drug-likeness (QED) is 0.534. The Morgan fingerprint density at radius 2 is 2.19 bits per heavy atom. The molecule has 0 saturated heterocycles. The van der Waals surface area contributed by atoms with Gasteiger partial charge in [0, 0.05) is 17.3 Å². The molecule has 1 aromatic carbocycles. The molecule has 0 amide bonds. The van der Waals surface area contributed by atoms with E-state index >= 15 is 0 Å². The number of benzene rings is 1. The monoisotopic (exact) mass is 367 g/mol. The molecule has 3 aromatic rings. The number of allylic oxidation sites excluding steroid dienone is 1. The standard InChI is InChI=1S/C19H18FN5O2/c1-3-16(19-21-8-9-27-19)25(12-14-6-4-5-7-15(14)20)23-11-17-22-10-13(2)18(26)24-17/h3-11H,12H2,1-2H3,(H,22,24,26)/b16-3-,23-11+. The number of halogens is 1. The van der Waals surface area contributed by atoms with Crippen molar-refractivity contribution in [2.45, 2.75) is 20.4 Å². The van der Waals surface area contributed by atoms with Crippen LogP contribution in [0.4, 0.5) is 4.39 Å². The van der Waals surface area contributed by atoms with Crippen LogP contribution in [0.5, 0.6) is 0 Å². The SMILES string of the molecule is C/C=C(/c1ncco1)N(Cc1ccccc1F)/N=C/c1ncc(C)c(=O)[nH]1. The van der Waals surface area contributed by atoms with Gasteiger partial charge in [0.15, 0.2) is 5.82 Å². The molecule has 2 heterocycles. The third kappa shape index (κ3) is 4.35. The van der Waals surface area contributed by atoms with Crippen LogP contribution < -0.4 is 5.56 Å². The first-order valence-corrected chi connectivity index (χ1v) is 8.25. The summed E-state index contributed by atoms with van der Waals surface area (Å²) in [5, 5.41) is 5.90. The molecule has 0 aliphatic rings. The number of hydrogen-bond donors (Lipinski definition) is 1. The lowest BCUT2D eigenvalue weighted by molar-refractivity contribution is 0.387. The zero-order chi connectivity index (χ0) is 19.2. The van der Waals surface area contributed by atoms with Gasteiger partial charge in [0.1, 0.15) is 17.8 Å². The van der Waals surface area contributed by atoms with Crippen LogP contribution in [-0.4, -0.2) is 26.2 Å². The van der Waals surface area contributed by atoms with Crippen LogP contribution in [0.1, 0.15) is 29.8 Å². The van der Waals surface area contributed by atoms with Crippen molar-refractivity contribution in [2.75, 3.05) is 0 Å². The van der Waals surface area contributed by atoms with E-state index in [2.05, 4.69) is 20.1 Å². The van der Waals surface area contributed by atoms with Crippen molar-refractivity contribution in [3.05, 3.63) is 88.0 Å². The van der Waals surface area contributed by atoms with Crippen LogP contribution in [0.3, 0.4) is 0 Å². The van der Waals surface area contributed by atoms with Crippen LogP contribution in [0.2, 0.25) is 0 Å². The highest BCUT2D eigenvalue weighted by Crippen LogP contribution is 2.21. The predicted molar refractivity (Wildman–Crippen MR) is 99.3 cm³/mol. The average molecular weight is 367 g/mol. The third-order valence-electron chi connectivity index (χ3n) is 3.80. The van der Waals surface area contributed by atoms with Crippen molar-refractivity contribution in [3.63, 3.8) is 0 Å². The summed E-state index contributed by atoms with van der Waals surface area (Å²) in [4.78, 5) is 22.6. The van der Waals surface area contributed by atoms with Crippen molar-refractivity contribution in [2.24, 2.45) is 5.10 Å². The molecule has 0 radical (unpaired) electrons. The largest absolute Gasteiger partial charge is 0.443 e. The Kier molecular flexibility index (Phi) is 5.55. The molecule has 2 aromatic heterocycles. The first-order valence-electron chi connectivity index (χ1n) is 8.25. The molecule has 7 nitrogen and oxygen atoms in total. The molecule has 27 heavy (non-hydrogen) atoms. The van der Waals surface area contributed by atoms with Crippen LogP contribution in [0.25, 0.3) is 5.70 Å². The second kappa shape index (κ2) is 8.22. The minimum Gasteiger partial charge on any atom is -0.443 e. The molecule has 138 valence electrons. The van der Waals surface area contributed by atoms with Gasteiger partial charge in [0.25, 0.3) is 5.56 Å². The molecular weight excluding hydrogens is 349 g/mol. The molecule has 0 spiro atoms. The van der Waals surface area contributed by atoms with Crippen molar-refractivity contribution in [1.82, 2.24) is 20.0 Å². The van der Waals surface area contributed by atoms with Crippen LogP contribution in [0, 0.1) is 12.7 Å². The Morgan fingerprint density at radius 3 is 2.85 bits per heavy atom. The first kappa shape index (κ1) is 18.2. The fraction of sp³-hybridized carbons (Fsp3) is 0.158. The summed E-state index contributed by atoms with van der Waals surface area (Å²) >= 11 is 0. The first-order chi connectivity index (χ1) is 13.1. The topological polar surface area (TPSA) is 87.4 Å². The lowest BCUT2D eigenvalue weighted by atomic mass is 10.2. The highest BCUT2D eigenvalue weighted by atomic mass is 19.1. The van der Waals surface area contributed by atoms with Gasteiger partial charge in [-0.25, -0.2) is 14.4 Å². The van der Waals surface area contributed by atoms with Gasteiger partial charge < -0.3 is 9.40 Å². The number of aryl methyl sites for hydroxylation is 1. The minimum absolute atomic E-state index is 0.140. The number of oxazole rings is 1. The Morgan fingerprint density at radius 1 is 1.37 bits per heavy atom. The molecule has 0 fully saturated rings. The van der Waals surface area contributed by atoms with E-state index in [0.717, 1.165) is 0 Å². The molecule has 0 bridgehead atoms. The van der Waals surface area contributed by atoms with Crippen molar-refractivity contribution in [3.8, 4) is 0 Å². The maximum absolute atomic E-state index is 14.1. The summed E-state index contributed by atoms with van der Waals surface area (Å²) in [5.41, 5.74) is 1.26. The number of aromatic nitrogens is 3. The number of nitrogens with zero attached hydrogens (tertiary/aromatic N) is 4. The second-order valence-electron chi connectivity index (χ2n) is 5.69. The Labute approximate surface area is 154 Å². The average Bonchev–Trinajstić information content (AvgIpc) is 3.19. The van der Waals surface area contributed by atoms with E-state index in [0.29, 0.717) is 22.7 Å². The Hall–Kier alpha value is -3.55. The Balaban J connectivity index is 1.96. The zero-order valence-electron chi connectivity index (χ0n) is 14.9. The lowest BCUT2D eigenvalue weighted by Crippen LogP contribution is -2.18. The lowest BCUT2D eigenvalue weighted by Gasteiger charge is -2.20. The summed E-state index contributed by atoms with van der Waals surface area (Å²) in [6.45, 7) is 3.61. The van der Waals surface area contributed by atoms with Crippen LogP contribution in [-0.2, 0) is 6.54 Å². The molecule has 0 aliphatic carbocycles. The van der Waals surface area contributed by atoms with Gasteiger partial charge in [-0.3, -0.25) is 9.80 Å². The fourth-order valence-corrected chi connectivity index (χ4v) is 2.37. The third-order valence-corrected chi connectivity index (χ3v) is 3.80. The van der Waals surface area contributed by atoms with Gasteiger partial charge in [-0.1, -0.05) is 24.3 Å². The number of rotatable bonds is 6. The molecule has 8 heteroatoms. The summed E-state index contributed by atoms with van der Waals surface area (Å²) in [6, 6.07) is 6.43. The number of hydrogen-bond acceptors (Lipinski definition) is 6. The number of nitrogens with one attached hydrogen (secondary N) is 1. The van der Waals surface area contributed by atoms with E-state index < -0.39 is 0 Å². The van der Waals surface area contributed by atoms with E-state index in [1.54, 1.807) is 38.1 Å². The van der Waals surface area contributed by atoms with Gasteiger partial charge in [0.05, 0.1) is 19.0 Å². The van der Waals surface area contributed by atoms with Crippen molar-refractivity contribution in [1.29, 1.82) is 0 Å². The van der Waals surface area contributed by atoms with E-state index in [4.69, 9.17) is 4.42 Å². The smallest absolute Gasteiger partial charge is 0.254 e. The predicted octanol–water partition coefficient (Wildman–Crippen LogP) is 3.10. The number of aromatic amines is 1. The van der Waals surface area contributed by atoms with E-state index in [1.165, 1.54) is 35.9 Å². The molecule has 1 N–H and O–H groups in total. The summed E-state index contributed by atoms with van der Waals surface area (Å²) in [6.07, 6.45) is 7.58. The maximum Gasteiger partial charge on any atom is 0.254 e. The van der Waals surface area contributed by atoms with Crippen molar-refractivity contribution < 1.29 is 8.81 Å². The normalized spacial score (nSPS) is 11.9. The van der Waals surface area contributed by atoms with E-state index in [9.17, 15) is 9.18 Å². The van der Waals surface area contributed by atoms with E-state index in [-0.39, 0.29) is 23.7 Å². The molecule has 3 rings (SSSR count). The number of H-pyrrole nitrogens is 1. The Bertz CT molecular complexity index is 1020. The fourth-order valence-electron chi connectivity index (χ4n) is 2.37. The van der Waals surface area contributed by atoms with E-state index in [1.807, 2.05) is 0 Å². The van der Waals surface area contributed by atoms with Gasteiger partial charge in [-0.15, -0.1) is 0 Å². The maximum atomic E-state index is 14.1. The molecule has 0 saturated carbocycles. The number of hydrazone groups is 1. The van der Waals surface area contributed by atoms with Gasteiger partial charge in [0.2, 0.25) is 5.89 Å². The molecule has 0 unspecified atom stereocenters. The second-order valence-corrected chi connectivity index (χ2v) is 5.69. The van der Waals surface area contributed by atoms with Crippen LogP contribution in [0.15, 0.2) is 63.3 Å². The van der Waals surface area contributed by atoms with Gasteiger partial charge >= 0.3 is 0 Å². The van der Waals surface area contributed by atoms with Crippen LogP contribution >= 0.6 is 0 Å². The highest BCUT2D eigenvalue weighted by molar-refractivity contribution is 5.74.